The molecule has 1 aliphatic heterocycles. The Balaban J connectivity index is 1.22. The van der Waals surface area contributed by atoms with Crippen LogP contribution in [0.1, 0.15) is 12.7 Å². The first-order valence-electron chi connectivity index (χ1n) is 11.3. The summed E-state index contributed by atoms with van der Waals surface area (Å²) in [5.41, 5.74) is 7.77. The van der Waals surface area contributed by atoms with Gasteiger partial charge in [0.15, 0.2) is 17.9 Å². The van der Waals surface area contributed by atoms with Gasteiger partial charge in [0.05, 0.1) is 23.8 Å². The molecule has 0 amide bonds. The van der Waals surface area contributed by atoms with Gasteiger partial charge in [0, 0.05) is 38.8 Å². The minimum absolute atomic E-state index is 0.191. The molecule has 12 nitrogen and oxygen atoms in total. The number of aliphatic carboxylic acids is 1. The molecular formula is C23H24FN9O3. The van der Waals surface area contributed by atoms with Gasteiger partial charge in [-0.2, -0.15) is 19.6 Å². The van der Waals surface area contributed by atoms with Crippen molar-refractivity contribution in [3.63, 3.8) is 0 Å². The molecule has 3 N–H and O–H groups in total. The van der Waals surface area contributed by atoms with Crippen molar-refractivity contribution < 1.29 is 19.0 Å². The molecule has 4 aromatic rings. The van der Waals surface area contributed by atoms with Gasteiger partial charge in [0.1, 0.15) is 11.6 Å². The molecule has 0 saturated carbocycles. The molecule has 0 aliphatic carbocycles. The predicted molar refractivity (Wildman–Crippen MR) is 129 cm³/mol. The van der Waals surface area contributed by atoms with Crippen molar-refractivity contribution in [2.45, 2.75) is 13.5 Å². The molecule has 1 saturated heterocycles. The largest absolute Gasteiger partial charge is 0.482 e. The van der Waals surface area contributed by atoms with E-state index in [1.165, 1.54) is 10.6 Å². The van der Waals surface area contributed by atoms with E-state index in [4.69, 9.17) is 15.6 Å². The van der Waals surface area contributed by atoms with Crippen molar-refractivity contribution in [3.05, 3.63) is 36.0 Å². The molecule has 1 fully saturated rings. The lowest BCUT2D eigenvalue weighted by Gasteiger charge is -2.36. The molecule has 186 valence electrons. The minimum atomic E-state index is -1.11. The molecule has 0 atom stereocenters. The molecule has 1 aromatic carbocycles. The molecular weight excluding hydrogens is 469 g/mol. The third-order valence-corrected chi connectivity index (χ3v) is 5.96. The Morgan fingerprint density at radius 1 is 1.19 bits per heavy atom. The third-order valence-electron chi connectivity index (χ3n) is 5.96. The fraction of sp³-hybridized carbons (Fsp3) is 0.348. The maximum atomic E-state index is 14.6. The number of ether oxygens (including phenoxy) is 1. The van der Waals surface area contributed by atoms with Crippen LogP contribution in [0.15, 0.2) is 24.4 Å². The van der Waals surface area contributed by atoms with Crippen molar-refractivity contribution in [3.8, 4) is 17.6 Å². The van der Waals surface area contributed by atoms with Crippen molar-refractivity contribution >= 4 is 34.3 Å². The summed E-state index contributed by atoms with van der Waals surface area (Å²) >= 11 is 0. The van der Waals surface area contributed by atoms with E-state index in [1.54, 1.807) is 29.9 Å². The van der Waals surface area contributed by atoms with Crippen LogP contribution in [0, 0.1) is 17.7 Å². The van der Waals surface area contributed by atoms with Gasteiger partial charge in [0.25, 0.3) is 0 Å². The first-order valence-corrected chi connectivity index (χ1v) is 11.3. The second-order valence-corrected chi connectivity index (χ2v) is 8.25. The van der Waals surface area contributed by atoms with Gasteiger partial charge in [-0.3, -0.25) is 4.90 Å². The normalized spacial score (nSPS) is 14.2. The molecule has 0 radical (unpaired) electrons. The molecule has 0 bridgehead atoms. The highest BCUT2D eigenvalue weighted by molar-refractivity contribution is 5.89. The summed E-state index contributed by atoms with van der Waals surface area (Å²) < 4.78 is 22.9. The van der Waals surface area contributed by atoms with Crippen LogP contribution in [0.2, 0.25) is 0 Å². The van der Waals surface area contributed by atoms with Gasteiger partial charge in [-0.25, -0.2) is 13.9 Å². The van der Waals surface area contributed by atoms with Crippen molar-refractivity contribution in [1.29, 1.82) is 0 Å². The lowest BCUT2D eigenvalue weighted by molar-refractivity contribution is -0.139. The number of hydrogen-bond acceptors (Lipinski definition) is 9. The van der Waals surface area contributed by atoms with Gasteiger partial charge in [-0.05, 0) is 25.0 Å². The number of halogens is 1. The Hall–Kier alpha value is -4.44. The quantitative estimate of drug-likeness (QED) is 0.356. The van der Waals surface area contributed by atoms with Gasteiger partial charge in [0.2, 0.25) is 11.8 Å². The summed E-state index contributed by atoms with van der Waals surface area (Å²) in [5, 5.41) is 18.2. The van der Waals surface area contributed by atoms with E-state index in [9.17, 15) is 9.18 Å². The molecule has 5 rings (SSSR count). The smallest absolute Gasteiger partial charge is 0.341 e. The number of carboxylic acid groups (broad SMARTS) is 1. The Morgan fingerprint density at radius 3 is 2.72 bits per heavy atom. The number of fused-ring (bicyclic) bond motifs is 3. The zero-order valence-corrected chi connectivity index (χ0v) is 19.6. The first kappa shape index (κ1) is 23.3. The topological polar surface area (TPSA) is 140 Å². The van der Waals surface area contributed by atoms with Crippen molar-refractivity contribution in [2.24, 2.45) is 0 Å². The summed E-state index contributed by atoms with van der Waals surface area (Å²) in [6.07, 6.45) is 1.71. The van der Waals surface area contributed by atoms with Crippen LogP contribution >= 0.6 is 0 Å². The molecule has 13 heteroatoms. The Bertz CT molecular complexity index is 1500. The van der Waals surface area contributed by atoms with E-state index in [-0.39, 0.29) is 11.7 Å². The van der Waals surface area contributed by atoms with E-state index in [2.05, 4.69) is 36.9 Å². The van der Waals surface area contributed by atoms with E-state index in [0.29, 0.717) is 42.4 Å². The minimum Gasteiger partial charge on any atom is -0.482 e. The Labute approximate surface area is 205 Å². The number of nitrogen functional groups attached to an aromatic ring is 1. The maximum Gasteiger partial charge on any atom is 0.341 e. The fourth-order valence-electron chi connectivity index (χ4n) is 4.21. The fourth-order valence-corrected chi connectivity index (χ4v) is 4.21. The summed E-state index contributed by atoms with van der Waals surface area (Å²) in [5.74, 6) is 4.84. The van der Waals surface area contributed by atoms with Gasteiger partial charge < -0.3 is 20.5 Å². The van der Waals surface area contributed by atoms with Crippen molar-refractivity contribution in [2.75, 3.05) is 50.0 Å². The van der Waals surface area contributed by atoms with Gasteiger partial charge in [-0.1, -0.05) is 5.92 Å². The number of rotatable bonds is 7. The van der Waals surface area contributed by atoms with Gasteiger partial charge in [-0.15, -0.1) is 5.10 Å². The molecule has 0 spiro atoms. The van der Waals surface area contributed by atoms with Crippen molar-refractivity contribution in [1.82, 2.24) is 34.3 Å². The van der Waals surface area contributed by atoms with Crippen LogP contribution in [-0.4, -0.2) is 84.7 Å². The zero-order valence-electron chi connectivity index (χ0n) is 19.6. The number of hydrogen-bond donors (Lipinski definition) is 2. The lowest BCUT2D eigenvalue weighted by atomic mass is 10.2. The van der Waals surface area contributed by atoms with E-state index < -0.39 is 18.4 Å². The molecule has 1 aliphatic rings. The van der Waals surface area contributed by atoms with Crippen LogP contribution in [0.5, 0.6) is 5.75 Å². The van der Waals surface area contributed by atoms with Crippen LogP contribution in [0.25, 0.3) is 16.7 Å². The van der Waals surface area contributed by atoms with E-state index in [0.717, 1.165) is 25.0 Å². The van der Waals surface area contributed by atoms with Crippen LogP contribution in [-0.2, 0) is 11.3 Å². The number of nitrogens with zero attached hydrogens (tertiary/aromatic N) is 8. The maximum absolute atomic E-state index is 14.6. The summed E-state index contributed by atoms with van der Waals surface area (Å²) in [7, 11) is 0. The number of nitrogens with two attached hydrogens (primary N) is 1. The number of carbonyl (C=O) groups is 1. The highest BCUT2D eigenvalue weighted by Gasteiger charge is 2.21. The summed E-state index contributed by atoms with van der Waals surface area (Å²) in [4.78, 5) is 23.8. The van der Waals surface area contributed by atoms with Crippen LogP contribution in [0.3, 0.4) is 0 Å². The number of benzene rings is 1. The first-order chi connectivity index (χ1) is 17.4. The molecule has 36 heavy (non-hydrogen) atoms. The van der Waals surface area contributed by atoms with E-state index >= 15 is 0 Å². The number of anilines is 2. The summed E-state index contributed by atoms with van der Waals surface area (Å²) in [6.45, 7) is 5.35. The standard InChI is InChI=1S/C23H24FN9O3/c1-2-3-19-27-22-16-13-26-32(21(16)28-23(25)33(22)29-19)11-8-30-6-9-31(10-7-30)18-5-4-15(12-17(18)24)36-14-20(34)35/h4-5,12-13H,6-11,14H2,1H3,(H2,25,28)(H,34,35). The summed E-state index contributed by atoms with van der Waals surface area (Å²) in [6, 6.07) is 4.42. The Morgan fingerprint density at radius 2 is 2.00 bits per heavy atom. The van der Waals surface area contributed by atoms with Crippen LogP contribution in [0.4, 0.5) is 16.0 Å². The average Bonchev–Trinajstić information content (AvgIpc) is 3.47. The molecule has 4 heterocycles. The average molecular weight is 494 g/mol. The molecule has 3 aromatic heterocycles. The van der Waals surface area contributed by atoms with E-state index in [1.807, 2.05) is 4.90 Å². The zero-order chi connectivity index (χ0) is 25.2. The lowest BCUT2D eigenvalue weighted by Crippen LogP contribution is -2.47. The van der Waals surface area contributed by atoms with Gasteiger partial charge >= 0.3 is 5.97 Å². The highest BCUT2D eigenvalue weighted by Crippen LogP contribution is 2.25. The van der Waals surface area contributed by atoms with Crippen LogP contribution < -0.4 is 15.4 Å². The SMILES string of the molecule is CC#Cc1nc2c3cnn(CCN4CCN(c5ccc(OCC(=O)O)cc5F)CC4)c3nc(N)n2n1. The number of piperazine rings is 1. The second kappa shape index (κ2) is 9.67. The number of carboxylic acids is 1. The molecule has 0 unspecified atom stereocenters. The third kappa shape index (κ3) is 4.58. The number of aromatic nitrogens is 6. The monoisotopic (exact) mass is 493 g/mol. The predicted octanol–water partition coefficient (Wildman–Crippen LogP) is 0.852. The highest BCUT2D eigenvalue weighted by atomic mass is 19.1. The Kier molecular flexibility index (Phi) is 6.26. The second-order valence-electron chi connectivity index (χ2n) is 8.25.